The largest absolute Gasteiger partial charge is 0.250 e. The molecule has 1 rings (SSSR count). The van der Waals surface area contributed by atoms with Gasteiger partial charge in [-0.15, -0.1) is 0 Å². The van der Waals surface area contributed by atoms with Crippen molar-refractivity contribution in [2.24, 2.45) is 5.41 Å². The van der Waals surface area contributed by atoms with Crippen LogP contribution < -0.4 is 0 Å². The normalized spacial score (nSPS) is 25.5. The zero-order valence-electron chi connectivity index (χ0n) is 5.17. The van der Waals surface area contributed by atoms with Crippen LogP contribution in [0.3, 0.4) is 0 Å². The molecule has 1 aliphatic carbocycles. The molecular formula is C6H10F2. The van der Waals surface area contributed by atoms with Crippen LogP contribution in [0.4, 0.5) is 8.78 Å². The van der Waals surface area contributed by atoms with Gasteiger partial charge in [0.15, 0.2) is 0 Å². The van der Waals surface area contributed by atoms with Crippen molar-refractivity contribution in [1.82, 2.24) is 0 Å². The van der Waals surface area contributed by atoms with E-state index in [2.05, 4.69) is 0 Å². The molecule has 1 saturated carbocycles. The Labute approximate surface area is 47.9 Å². The lowest BCUT2D eigenvalue weighted by molar-refractivity contribution is -0.0462. The van der Waals surface area contributed by atoms with Crippen molar-refractivity contribution in [3.63, 3.8) is 0 Å². The Hall–Kier alpha value is -0.140. The van der Waals surface area contributed by atoms with Crippen LogP contribution in [0.2, 0.25) is 0 Å². The number of hydrogen-bond donors (Lipinski definition) is 0. The second kappa shape index (κ2) is 1.23. The molecular weight excluding hydrogens is 110 g/mol. The molecule has 0 bridgehead atoms. The van der Waals surface area contributed by atoms with Crippen molar-refractivity contribution in [2.45, 2.75) is 32.6 Å². The average molecular weight is 120 g/mol. The first-order chi connectivity index (χ1) is 3.46. The summed E-state index contributed by atoms with van der Waals surface area (Å²) in [5.74, 6) is -2.45. The molecule has 0 spiro atoms. The Morgan fingerprint density at radius 3 is 1.75 bits per heavy atom. The highest BCUT2D eigenvalue weighted by molar-refractivity contribution is 4.97. The van der Waals surface area contributed by atoms with Crippen molar-refractivity contribution in [3.8, 4) is 0 Å². The van der Waals surface area contributed by atoms with Gasteiger partial charge in [0.25, 0.3) is 5.92 Å². The molecule has 1 aliphatic rings. The molecule has 0 atom stereocenters. The van der Waals surface area contributed by atoms with Gasteiger partial charge in [0.05, 0.1) is 0 Å². The molecule has 0 N–H and O–H groups in total. The fourth-order valence-corrected chi connectivity index (χ4v) is 0.626. The lowest BCUT2D eigenvalue weighted by Gasteiger charge is -2.16. The van der Waals surface area contributed by atoms with Crippen molar-refractivity contribution >= 4 is 0 Å². The number of alkyl halides is 2. The number of halogens is 2. The lowest BCUT2D eigenvalue weighted by atomic mass is 10.0. The third-order valence-corrected chi connectivity index (χ3v) is 2.06. The first kappa shape index (κ1) is 5.99. The maximum Gasteiger partial charge on any atom is 0.250 e. The zero-order chi connectivity index (χ0) is 6.41. The van der Waals surface area contributed by atoms with E-state index in [0.29, 0.717) is 12.8 Å². The van der Waals surface area contributed by atoms with Gasteiger partial charge in [-0.05, 0) is 19.8 Å². The highest BCUT2D eigenvalue weighted by Crippen LogP contribution is 2.55. The molecule has 8 heavy (non-hydrogen) atoms. The standard InChI is InChI=1S/C6H10F2/c1-5(3-4-5)6(2,7)8/h3-4H2,1-2H3. The van der Waals surface area contributed by atoms with Gasteiger partial charge in [0.1, 0.15) is 0 Å². The van der Waals surface area contributed by atoms with Crippen molar-refractivity contribution in [3.05, 3.63) is 0 Å². The first-order valence-electron chi connectivity index (χ1n) is 2.84. The maximum absolute atomic E-state index is 12.3. The van der Waals surface area contributed by atoms with E-state index < -0.39 is 11.3 Å². The third-order valence-electron chi connectivity index (χ3n) is 2.06. The molecule has 2 heteroatoms. The van der Waals surface area contributed by atoms with E-state index >= 15 is 0 Å². The predicted octanol–water partition coefficient (Wildman–Crippen LogP) is 2.44. The van der Waals surface area contributed by atoms with E-state index in [1.54, 1.807) is 6.92 Å². The second-order valence-corrected chi connectivity index (χ2v) is 2.95. The molecule has 0 heterocycles. The summed E-state index contributed by atoms with van der Waals surface area (Å²) in [6.07, 6.45) is 1.38. The van der Waals surface area contributed by atoms with Crippen LogP contribution in [0, 0.1) is 5.41 Å². The highest BCUT2D eigenvalue weighted by Gasteiger charge is 2.54. The molecule has 0 aromatic heterocycles. The molecule has 0 nitrogen and oxygen atoms in total. The molecule has 48 valence electrons. The molecule has 0 aromatic carbocycles. The van der Waals surface area contributed by atoms with Crippen LogP contribution in [0.15, 0.2) is 0 Å². The van der Waals surface area contributed by atoms with Gasteiger partial charge in [-0.2, -0.15) is 0 Å². The second-order valence-electron chi connectivity index (χ2n) is 2.95. The SMILES string of the molecule is CC(F)(F)C1(C)CC1. The number of rotatable bonds is 1. The third kappa shape index (κ3) is 0.721. The van der Waals surface area contributed by atoms with Gasteiger partial charge in [-0.25, -0.2) is 8.78 Å². The van der Waals surface area contributed by atoms with Crippen molar-refractivity contribution in [2.75, 3.05) is 0 Å². The van der Waals surface area contributed by atoms with Gasteiger partial charge in [-0.3, -0.25) is 0 Å². The average Bonchev–Trinajstić information content (AvgIpc) is 2.16. The minimum absolute atomic E-state index is 0.646. The van der Waals surface area contributed by atoms with E-state index in [-0.39, 0.29) is 0 Å². The smallest absolute Gasteiger partial charge is 0.207 e. The van der Waals surface area contributed by atoms with E-state index in [0.717, 1.165) is 6.92 Å². The van der Waals surface area contributed by atoms with Gasteiger partial charge in [-0.1, -0.05) is 6.92 Å². The van der Waals surface area contributed by atoms with Crippen molar-refractivity contribution < 1.29 is 8.78 Å². The summed E-state index contributed by atoms with van der Waals surface area (Å²) in [6, 6.07) is 0. The van der Waals surface area contributed by atoms with Gasteiger partial charge in [0.2, 0.25) is 0 Å². The van der Waals surface area contributed by atoms with Crippen LogP contribution in [-0.4, -0.2) is 5.92 Å². The Bertz CT molecular complexity index is 94.3. The molecule has 0 radical (unpaired) electrons. The minimum atomic E-state index is -2.45. The Balaban J connectivity index is 2.58. The molecule has 0 unspecified atom stereocenters. The van der Waals surface area contributed by atoms with Crippen LogP contribution >= 0.6 is 0 Å². The topological polar surface area (TPSA) is 0 Å². The summed E-state index contributed by atoms with van der Waals surface area (Å²) in [5, 5.41) is 0. The van der Waals surface area contributed by atoms with E-state index in [1.807, 2.05) is 0 Å². The van der Waals surface area contributed by atoms with Crippen LogP contribution in [0.25, 0.3) is 0 Å². The molecule has 1 fully saturated rings. The summed E-state index contributed by atoms with van der Waals surface area (Å²) >= 11 is 0. The summed E-state index contributed by atoms with van der Waals surface area (Å²) in [5.41, 5.74) is -0.646. The monoisotopic (exact) mass is 120 g/mol. The Kier molecular flexibility index (Phi) is 0.918. The highest BCUT2D eigenvalue weighted by atomic mass is 19.3. The zero-order valence-corrected chi connectivity index (χ0v) is 5.17. The van der Waals surface area contributed by atoms with Gasteiger partial charge >= 0.3 is 0 Å². The minimum Gasteiger partial charge on any atom is -0.207 e. The molecule has 0 amide bonds. The van der Waals surface area contributed by atoms with E-state index in [9.17, 15) is 8.78 Å². The summed E-state index contributed by atoms with van der Waals surface area (Å²) in [6.45, 7) is 2.63. The fourth-order valence-electron chi connectivity index (χ4n) is 0.626. The Morgan fingerprint density at radius 2 is 1.75 bits per heavy atom. The van der Waals surface area contributed by atoms with Gasteiger partial charge in [0, 0.05) is 5.41 Å². The van der Waals surface area contributed by atoms with Crippen LogP contribution in [0.5, 0.6) is 0 Å². The lowest BCUT2D eigenvalue weighted by Crippen LogP contribution is -2.22. The van der Waals surface area contributed by atoms with Crippen LogP contribution in [-0.2, 0) is 0 Å². The van der Waals surface area contributed by atoms with E-state index in [4.69, 9.17) is 0 Å². The Morgan fingerprint density at radius 1 is 1.38 bits per heavy atom. The molecule has 0 aromatic rings. The predicted molar refractivity (Wildman–Crippen MR) is 28.0 cm³/mol. The molecule has 0 aliphatic heterocycles. The fraction of sp³-hybridized carbons (Fsp3) is 1.00. The number of hydrogen-bond acceptors (Lipinski definition) is 0. The van der Waals surface area contributed by atoms with E-state index in [1.165, 1.54) is 0 Å². The summed E-state index contributed by atoms with van der Waals surface area (Å²) < 4.78 is 24.6. The quantitative estimate of drug-likeness (QED) is 0.498. The summed E-state index contributed by atoms with van der Waals surface area (Å²) in [4.78, 5) is 0. The molecule has 0 saturated heterocycles. The van der Waals surface area contributed by atoms with Crippen molar-refractivity contribution in [1.29, 1.82) is 0 Å². The summed E-state index contributed by atoms with van der Waals surface area (Å²) in [7, 11) is 0. The van der Waals surface area contributed by atoms with Crippen LogP contribution in [0.1, 0.15) is 26.7 Å². The van der Waals surface area contributed by atoms with Gasteiger partial charge < -0.3 is 0 Å². The maximum atomic E-state index is 12.3. The first-order valence-corrected chi connectivity index (χ1v) is 2.84.